The van der Waals surface area contributed by atoms with E-state index in [1.54, 1.807) is 0 Å². The van der Waals surface area contributed by atoms with Gasteiger partial charge in [-0.25, -0.2) is 4.98 Å². The van der Waals surface area contributed by atoms with Crippen LogP contribution >= 0.6 is 0 Å². The van der Waals surface area contributed by atoms with E-state index in [1.807, 2.05) is 52.9 Å². The first kappa shape index (κ1) is 18.6. The molecule has 162 valence electrons. The van der Waals surface area contributed by atoms with Crippen LogP contribution in [0.4, 0.5) is 0 Å². The number of pyridine rings is 1. The fourth-order valence-corrected chi connectivity index (χ4v) is 5.87. The lowest BCUT2D eigenvalue weighted by molar-refractivity contribution is 1.13. The molecular formula is C32H18N2O. The number of hydrogen-bond acceptors (Lipinski definition) is 2. The van der Waals surface area contributed by atoms with Crippen molar-refractivity contribution in [1.29, 1.82) is 0 Å². The van der Waals surface area contributed by atoms with Gasteiger partial charge in [0.2, 0.25) is 0 Å². The van der Waals surface area contributed by atoms with E-state index >= 15 is 0 Å². The third-order valence-corrected chi connectivity index (χ3v) is 7.31. The Morgan fingerprint density at radius 1 is 0.514 bits per heavy atom. The smallest absolute Gasteiger partial charge is 0.264 e. The zero-order chi connectivity index (χ0) is 23.1. The summed E-state index contributed by atoms with van der Waals surface area (Å²) in [6.45, 7) is 0. The highest BCUT2D eigenvalue weighted by atomic mass is 16.1. The van der Waals surface area contributed by atoms with E-state index in [2.05, 4.69) is 60.7 Å². The Balaban J connectivity index is 1.78. The summed E-state index contributed by atoms with van der Waals surface area (Å²) >= 11 is 0. The van der Waals surface area contributed by atoms with Crippen molar-refractivity contribution in [3.05, 3.63) is 120 Å². The third-order valence-electron chi connectivity index (χ3n) is 7.31. The van der Waals surface area contributed by atoms with Crippen molar-refractivity contribution >= 4 is 59.5 Å². The van der Waals surface area contributed by atoms with Gasteiger partial charge in [-0.2, -0.15) is 0 Å². The summed E-state index contributed by atoms with van der Waals surface area (Å²) in [6.07, 6.45) is 0. The molecule has 0 bridgehead atoms. The first-order chi connectivity index (χ1) is 17.3. The highest BCUT2D eigenvalue weighted by molar-refractivity contribution is 6.36. The second kappa shape index (κ2) is 6.64. The highest BCUT2D eigenvalue weighted by Gasteiger charge is 2.22. The summed E-state index contributed by atoms with van der Waals surface area (Å²) in [6, 6.07) is 37.3. The van der Waals surface area contributed by atoms with Gasteiger partial charge in [0.1, 0.15) is 5.82 Å². The van der Waals surface area contributed by atoms with E-state index < -0.39 is 0 Å². The van der Waals surface area contributed by atoms with Gasteiger partial charge in [0.15, 0.2) is 0 Å². The average molecular weight is 447 g/mol. The van der Waals surface area contributed by atoms with Gasteiger partial charge in [0.25, 0.3) is 5.56 Å². The number of aromatic nitrogens is 2. The molecule has 8 rings (SSSR count). The van der Waals surface area contributed by atoms with Crippen LogP contribution in [0, 0.1) is 0 Å². The molecule has 0 spiro atoms. The molecule has 2 aromatic heterocycles. The number of benzene rings is 6. The fraction of sp³-hybridized carbons (Fsp3) is 0. The standard InChI is InChI=1S/C32H18N2O/c35-32-25-17-9-8-16-24(25)29-28-23-15-7-6-13-21(23)20-12-4-5-14-22(20)26(28)18-27-30(29)34(32)31(33-27)19-10-2-1-3-11-19/h1-18H. The second-order valence-electron chi connectivity index (χ2n) is 9.12. The number of nitrogens with zero attached hydrogens (tertiary/aromatic N) is 2. The van der Waals surface area contributed by atoms with Crippen molar-refractivity contribution in [1.82, 2.24) is 9.38 Å². The normalized spacial score (nSPS) is 12.1. The second-order valence-corrected chi connectivity index (χ2v) is 9.12. The number of fused-ring (bicyclic) bond motifs is 9. The van der Waals surface area contributed by atoms with E-state index in [4.69, 9.17) is 4.98 Å². The molecule has 8 aromatic rings. The van der Waals surface area contributed by atoms with Gasteiger partial charge in [0.05, 0.1) is 11.0 Å². The van der Waals surface area contributed by atoms with E-state index in [0.29, 0.717) is 11.2 Å². The van der Waals surface area contributed by atoms with Gasteiger partial charge in [-0.05, 0) is 44.5 Å². The van der Waals surface area contributed by atoms with Crippen LogP contribution in [0.2, 0.25) is 0 Å². The van der Waals surface area contributed by atoms with E-state index in [-0.39, 0.29) is 5.56 Å². The number of rotatable bonds is 1. The third kappa shape index (κ3) is 2.34. The Labute approximate surface area is 199 Å². The molecule has 0 atom stereocenters. The lowest BCUT2D eigenvalue weighted by Gasteiger charge is -2.14. The Morgan fingerprint density at radius 2 is 1.03 bits per heavy atom. The Kier molecular flexibility index (Phi) is 3.54. The van der Waals surface area contributed by atoms with Crippen LogP contribution in [0.15, 0.2) is 114 Å². The summed E-state index contributed by atoms with van der Waals surface area (Å²) in [5, 5.41) is 9.94. The topological polar surface area (TPSA) is 34.4 Å². The molecule has 0 saturated carbocycles. The highest BCUT2D eigenvalue weighted by Crippen LogP contribution is 2.43. The van der Waals surface area contributed by atoms with Crippen molar-refractivity contribution < 1.29 is 0 Å². The predicted molar refractivity (Wildman–Crippen MR) is 146 cm³/mol. The fourth-order valence-electron chi connectivity index (χ4n) is 5.87. The molecule has 2 heterocycles. The minimum atomic E-state index is -0.0288. The first-order valence-electron chi connectivity index (χ1n) is 11.8. The van der Waals surface area contributed by atoms with Crippen LogP contribution in [0.1, 0.15) is 0 Å². The van der Waals surface area contributed by atoms with E-state index in [0.717, 1.165) is 32.8 Å². The van der Waals surface area contributed by atoms with Gasteiger partial charge in [-0.1, -0.05) is 97.1 Å². The molecule has 0 fully saturated rings. The van der Waals surface area contributed by atoms with Gasteiger partial charge >= 0.3 is 0 Å². The summed E-state index contributed by atoms with van der Waals surface area (Å²) < 4.78 is 1.83. The SMILES string of the molecule is O=c1c2ccccc2c2c3c4ccccc4c4ccccc4c3cc3nc(-c4ccccc4)n1c32. The van der Waals surface area contributed by atoms with Crippen LogP contribution < -0.4 is 5.56 Å². The minimum Gasteiger partial charge on any atom is -0.268 e. The molecular weight excluding hydrogens is 428 g/mol. The first-order valence-corrected chi connectivity index (χ1v) is 11.8. The Morgan fingerprint density at radius 3 is 1.71 bits per heavy atom. The maximum Gasteiger partial charge on any atom is 0.264 e. The van der Waals surface area contributed by atoms with Crippen LogP contribution in [-0.4, -0.2) is 9.38 Å². The van der Waals surface area contributed by atoms with Crippen LogP contribution in [0.5, 0.6) is 0 Å². The zero-order valence-corrected chi connectivity index (χ0v) is 18.7. The predicted octanol–water partition coefficient (Wildman–Crippen LogP) is 7.57. The van der Waals surface area contributed by atoms with Crippen LogP contribution in [0.3, 0.4) is 0 Å². The lowest BCUT2D eigenvalue weighted by atomic mass is 9.90. The van der Waals surface area contributed by atoms with Crippen molar-refractivity contribution in [2.24, 2.45) is 0 Å². The van der Waals surface area contributed by atoms with Crippen LogP contribution in [-0.2, 0) is 0 Å². The quantitative estimate of drug-likeness (QED) is 0.244. The molecule has 0 amide bonds. The molecule has 6 aromatic carbocycles. The molecule has 0 aliphatic heterocycles. The maximum absolute atomic E-state index is 13.9. The summed E-state index contributed by atoms with van der Waals surface area (Å²) in [4.78, 5) is 19.0. The molecule has 0 aliphatic carbocycles. The van der Waals surface area contributed by atoms with Gasteiger partial charge in [0, 0.05) is 21.7 Å². The van der Waals surface area contributed by atoms with Crippen molar-refractivity contribution in [2.75, 3.05) is 0 Å². The van der Waals surface area contributed by atoms with Crippen molar-refractivity contribution in [3.8, 4) is 11.4 Å². The molecule has 3 nitrogen and oxygen atoms in total. The van der Waals surface area contributed by atoms with Crippen molar-refractivity contribution in [2.45, 2.75) is 0 Å². The molecule has 0 saturated heterocycles. The summed E-state index contributed by atoms with van der Waals surface area (Å²) in [7, 11) is 0. The number of imidazole rings is 1. The molecule has 0 aliphatic rings. The molecule has 35 heavy (non-hydrogen) atoms. The van der Waals surface area contributed by atoms with Gasteiger partial charge < -0.3 is 0 Å². The molecule has 0 radical (unpaired) electrons. The Bertz CT molecular complexity index is 2180. The van der Waals surface area contributed by atoms with Gasteiger partial charge in [-0.3, -0.25) is 9.20 Å². The lowest BCUT2D eigenvalue weighted by Crippen LogP contribution is -2.14. The van der Waals surface area contributed by atoms with E-state index in [9.17, 15) is 4.79 Å². The Hall–Kier alpha value is -4.76. The largest absolute Gasteiger partial charge is 0.268 e. The molecule has 0 N–H and O–H groups in total. The molecule has 3 heteroatoms. The van der Waals surface area contributed by atoms with Crippen LogP contribution in [0.25, 0.3) is 70.9 Å². The average Bonchev–Trinajstić information content (AvgIpc) is 3.31. The zero-order valence-electron chi connectivity index (χ0n) is 18.7. The van der Waals surface area contributed by atoms with Gasteiger partial charge in [-0.15, -0.1) is 0 Å². The minimum absolute atomic E-state index is 0.0288. The number of hydrogen-bond donors (Lipinski definition) is 0. The summed E-state index contributed by atoms with van der Waals surface area (Å²) in [5.41, 5.74) is 2.63. The van der Waals surface area contributed by atoms with E-state index in [1.165, 1.54) is 26.9 Å². The monoisotopic (exact) mass is 446 g/mol. The van der Waals surface area contributed by atoms with Crippen molar-refractivity contribution in [3.63, 3.8) is 0 Å². The maximum atomic E-state index is 13.9. The molecule has 0 unspecified atom stereocenters. The summed E-state index contributed by atoms with van der Waals surface area (Å²) in [5.74, 6) is 0.685.